The summed E-state index contributed by atoms with van der Waals surface area (Å²) in [7, 11) is 0. The SMILES string of the molecule is Cc1nnc(NC(C)(C)C(C)Cl)c2ccccc12. The molecule has 0 aliphatic rings. The zero-order valence-electron chi connectivity index (χ0n) is 11.2. The summed E-state index contributed by atoms with van der Waals surface area (Å²) in [6.45, 7) is 8.05. The van der Waals surface area contributed by atoms with E-state index >= 15 is 0 Å². The van der Waals surface area contributed by atoms with Crippen molar-refractivity contribution in [3.8, 4) is 0 Å². The summed E-state index contributed by atoms with van der Waals surface area (Å²) in [6.07, 6.45) is 0. The van der Waals surface area contributed by atoms with Crippen molar-refractivity contribution >= 4 is 28.2 Å². The molecule has 2 rings (SSSR count). The maximum Gasteiger partial charge on any atom is 0.157 e. The number of benzene rings is 1. The lowest BCUT2D eigenvalue weighted by atomic mass is 10.0. The van der Waals surface area contributed by atoms with Crippen molar-refractivity contribution in [1.82, 2.24) is 10.2 Å². The molecule has 0 fully saturated rings. The van der Waals surface area contributed by atoms with Crippen LogP contribution in [0.15, 0.2) is 24.3 Å². The number of aromatic nitrogens is 2. The van der Waals surface area contributed by atoms with E-state index in [-0.39, 0.29) is 10.9 Å². The van der Waals surface area contributed by atoms with Gasteiger partial charge in [0, 0.05) is 16.3 Å². The monoisotopic (exact) mass is 263 g/mol. The number of halogens is 1. The first-order valence-corrected chi connectivity index (χ1v) is 6.50. The average molecular weight is 264 g/mol. The Morgan fingerprint density at radius 1 is 1.17 bits per heavy atom. The third-order valence-electron chi connectivity index (χ3n) is 3.31. The van der Waals surface area contributed by atoms with E-state index in [1.54, 1.807) is 0 Å². The van der Waals surface area contributed by atoms with Crippen LogP contribution in [-0.4, -0.2) is 21.1 Å². The van der Waals surface area contributed by atoms with Crippen LogP contribution in [0.2, 0.25) is 0 Å². The Labute approximate surface area is 113 Å². The molecule has 0 aliphatic carbocycles. The highest BCUT2D eigenvalue weighted by atomic mass is 35.5. The molecule has 1 N–H and O–H groups in total. The van der Waals surface area contributed by atoms with Gasteiger partial charge in [-0.3, -0.25) is 0 Å². The van der Waals surface area contributed by atoms with Crippen molar-refractivity contribution in [2.45, 2.75) is 38.6 Å². The first-order valence-electron chi connectivity index (χ1n) is 6.06. The number of alkyl halides is 1. The van der Waals surface area contributed by atoms with Gasteiger partial charge in [-0.05, 0) is 27.7 Å². The summed E-state index contributed by atoms with van der Waals surface area (Å²) >= 11 is 6.19. The Balaban J connectivity index is 2.50. The standard InChI is InChI=1S/C14H18ClN3/c1-9-11-7-5-6-8-12(11)13(18-17-9)16-14(3,4)10(2)15/h5-8,10H,1-4H3,(H,16,18). The molecule has 0 spiro atoms. The Morgan fingerprint density at radius 3 is 2.39 bits per heavy atom. The molecule has 1 heterocycles. The van der Waals surface area contributed by atoms with E-state index in [9.17, 15) is 0 Å². The highest BCUT2D eigenvalue weighted by Gasteiger charge is 2.25. The Kier molecular flexibility index (Phi) is 3.44. The molecule has 0 saturated carbocycles. The minimum absolute atomic E-state index is 0.0145. The topological polar surface area (TPSA) is 37.8 Å². The van der Waals surface area contributed by atoms with Gasteiger partial charge in [-0.1, -0.05) is 24.3 Å². The fraction of sp³-hybridized carbons (Fsp3) is 0.429. The lowest BCUT2D eigenvalue weighted by molar-refractivity contribution is 0.552. The van der Waals surface area contributed by atoms with Gasteiger partial charge >= 0.3 is 0 Å². The average Bonchev–Trinajstić information content (AvgIpc) is 2.33. The maximum atomic E-state index is 6.19. The van der Waals surface area contributed by atoms with Gasteiger partial charge < -0.3 is 5.32 Å². The molecule has 1 atom stereocenters. The summed E-state index contributed by atoms with van der Waals surface area (Å²) in [5.41, 5.74) is 0.696. The van der Waals surface area contributed by atoms with Gasteiger partial charge in [0.05, 0.1) is 11.1 Å². The van der Waals surface area contributed by atoms with E-state index in [0.717, 1.165) is 22.3 Å². The van der Waals surface area contributed by atoms with Crippen molar-refractivity contribution in [3.05, 3.63) is 30.0 Å². The first-order chi connectivity index (χ1) is 8.42. The molecule has 1 aromatic heterocycles. The number of nitrogens with zero attached hydrogens (tertiary/aromatic N) is 2. The summed E-state index contributed by atoms with van der Waals surface area (Å²) in [4.78, 5) is 0. The summed E-state index contributed by atoms with van der Waals surface area (Å²) in [5.74, 6) is 0.786. The molecular weight excluding hydrogens is 246 g/mol. The minimum atomic E-state index is -0.242. The van der Waals surface area contributed by atoms with E-state index in [1.807, 2.05) is 32.0 Å². The highest BCUT2D eigenvalue weighted by molar-refractivity contribution is 6.21. The normalized spacial score (nSPS) is 13.6. The van der Waals surface area contributed by atoms with E-state index in [0.29, 0.717) is 0 Å². The van der Waals surface area contributed by atoms with E-state index in [4.69, 9.17) is 11.6 Å². The van der Waals surface area contributed by atoms with Crippen molar-refractivity contribution in [2.24, 2.45) is 0 Å². The second-order valence-corrected chi connectivity index (χ2v) is 5.80. The van der Waals surface area contributed by atoms with Crippen LogP contribution in [0.4, 0.5) is 5.82 Å². The van der Waals surface area contributed by atoms with Crippen LogP contribution in [0, 0.1) is 6.92 Å². The molecule has 18 heavy (non-hydrogen) atoms. The van der Waals surface area contributed by atoms with Gasteiger partial charge in [0.2, 0.25) is 0 Å². The van der Waals surface area contributed by atoms with Crippen LogP contribution in [-0.2, 0) is 0 Å². The Bertz CT molecular complexity index is 564. The van der Waals surface area contributed by atoms with Gasteiger partial charge in [0.15, 0.2) is 5.82 Å². The van der Waals surface area contributed by atoms with E-state index in [2.05, 4.69) is 35.4 Å². The van der Waals surface area contributed by atoms with Gasteiger partial charge in [-0.15, -0.1) is 16.7 Å². The number of hydrogen-bond acceptors (Lipinski definition) is 3. The van der Waals surface area contributed by atoms with Crippen LogP contribution in [0.3, 0.4) is 0 Å². The fourth-order valence-corrected chi connectivity index (χ4v) is 1.79. The molecular formula is C14H18ClN3. The molecule has 3 nitrogen and oxygen atoms in total. The largest absolute Gasteiger partial charge is 0.362 e. The third-order valence-corrected chi connectivity index (χ3v) is 3.85. The lowest BCUT2D eigenvalue weighted by Gasteiger charge is -2.29. The smallest absolute Gasteiger partial charge is 0.157 e. The molecule has 0 amide bonds. The Hall–Kier alpha value is -1.35. The lowest BCUT2D eigenvalue weighted by Crippen LogP contribution is -2.39. The second kappa shape index (κ2) is 4.73. The predicted molar refractivity (Wildman–Crippen MR) is 77.3 cm³/mol. The van der Waals surface area contributed by atoms with Crippen molar-refractivity contribution in [2.75, 3.05) is 5.32 Å². The van der Waals surface area contributed by atoms with Crippen molar-refractivity contribution < 1.29 is 0 Å². The molecule has 4 heteroatoms. The minimum Gasteiger partial charge on any atom is -0.362 e. The molecule has 1 aromatic carbocycles. The van der Waals surface area contributed by atoms with Crippen LogP contribution in [0.1, 0.15) is 26.5 Å². The van der Waals surface area contributed by atoms with Crippen LogP contribution >= 0.6 is 11.6 Å². The van der Waals surface area contributed by atoms with Gasteiger partial charge in [-0.2, -0.15) is 5.10 Å². The Morgan fingerprint density at radius 2 is 1.78 bits per heavy atom. The molecule has 0 saturated heterocycles. The predicted octanol–water partition coefficient (Wildman–Crippen LogP) is 3.76. The summed E-state index contributed by atoms with van der Waals surface area (Å²) in [5, 5.41) is 14.0. The second-order valence-electron chi connectivity index (χ2n) is 5.14. The summed E-state index contributed by atoms with van der Waals surface area (Å²) < 4.78 is 0. The van der Waals surface area contributed by atoms with Crippen LogP contribution < -0.4 is 5.32 Å². The number of aryl methyl sites for hydroxylation is 1. The van der Waals surface area contributed by atoms with Gasteiger partial charge in [0.1, 0.15) is 0 Å². The number of anilines is 1. The van der Waals surface area contributed by atoms with Gasteiger partial charge in [-0.25, -0.2) is 0 Å². The first kappa shape index (κ1) is 13.1. The number of rotatable bonds is 3. The third kappa shape index (κ3) is 2.41. The molecule has 1 unspecified atom stereocenters. The van der Waals surface area contributed by atoms with Crippen LogP contribution in [0.5, 0.6) is 0 Å². The molecule has 2 aromatic rings. The highest BCUT2D eigenvalue weighted by Crippen LogP contribution is 2.27. The number of hydrogen-bond donors (Lipinski definition) is 1. The van der Waals surface area contributed by atoms with Crippen molar-refractivity contribution in [3.63, 3.8) is 0 Å². The molecule has 96 valence electrons. The molecule has 0 aliphatic heterocycles. The quantitative estimate of drug-likeness (QED) is 0.857. The zero-order valence-corrected chi connectivity index (χ0v) is 11.9. The number of fused-ring (bicyclic) bond motifs is 1. The summed E-state index contributed by atoms with van der Waals surface area (Å²) in [6, 6.07) is 8.12. The molecule has 0 radical (unpaired) electrons. The molecule has 0 bridgehead atoms. The van der Waals surface area contributed by atoms with E-state index in [1.165, 1.54) is 0 Å². The number of nitrogens with one attached hydrogen (secondary N) is 1. The fourth-order valence-electron chi connectivity index (χ4n) is 1.73. The van der Waals surface area contributed by atoms with Crippen LogP contribution in [0.25, 0.3) is 10.8 Å². The zero-order chi connectivity index (χ0) is 13.3. The maximum absolute atomic E-state index is 6.19. The van der Waals surface area contributed by atoms with Crippen molar-refractivity contribution in [1.29, 1.82) is 0 Å². The van der Waals surface area contributed by atoms with Gasteiger partial charge in [0.25, 0.3) is 0 Å². The van der Waals surface area contributed by atoms with E-state index < -0.39 is 0 Å².